The van der Waals surface area contributed by atoms with E-state index in [1.54, 1.807) is 13.1 Å². The van der Waals surface area contributed by atoms with Gasteiger partial charge in [0.1, 0.15) is 0 Å². The zero-order valence-corrected chi connectivity index (χ0v) is 10.2. The largest absolute Gasteiger partial charge is 0.268 e. The molecule has 1 aliphatic carbocycles. The predicted molar refractivity (Wildman–Crippen MR) is 64.5 cm³/mol. The highest BCUT2D eigenvalue weighted by Crippen LogP contribution is 2.23. The topological polar surface area (TPSA) is 34.9 Å². The minimum atomic E-state index is 0.0198. The summed E-state index contributed by atoms with van der Waals surface area (Å²) < 4.78 is 1.46. The van der Waals surface area contributed by atoms with Crippen molar-refractivity contribution < 1.29 is 0 Å². The number of fused-ring (bicyclic) bond motifs is 1. The molecule has 0 saturated heterocycles. The van der Waals surface area contributed by atoms with Gasteiger partial charge in [-0.15, -0.1) is 0 Å². The van der Waals surface area contributed by atoms with Crippen molar-refractivity contribution in [2.45, 2.75) is 45.4 Å². The first-order chi connectivity index (χ1) is 7.70. The number of hydrogen-bond donors (Lipinski definition) is 0. The minimum Gasteiger partial charge on any atom is -0.268 e. The molecule has 3 nitrogen and oxygen atoms in total. The van der Waals surface area contributed by atoms with Crippen molar-refractivity contribution >= 4 is 0 Å². The standard InChI is InChI=1S/C13H20N2O/c1-3-10-5-4-6-11-9-13(16)15(2)14-12(11)8-7-10/h9-10H,3-8H2,1-2H3. The van der Waals surface area contributed by atoms with Crippen LogP contribution < -0.4 is 5.56 Å². The van der Waals surface area contributed by atoms with Gasteiger partial charge in [0.15, 0.2) is 0 Å². The number of aromatic nitrogens is 2. The van der Waals surface area contributed by atoms with Crippen LogP contribution in [-0.4, -0.2) is 9.78 Å². The summed E-state index contributed by atoms with van der Waals surface area (Å²) in [7, 11) is 1.73. The quantitative estimate of drug-likeness (QED) is 0.726. The molecular weight excluding hydrogens is 200 g/mol. The Bertz CT molecular complexity index is 422. The highest BCUT2D eigenvalue weighted by atomic mass is 16.1. The molecule has 3 heteroatoms. The SMILES string of the molecule is CCC1CCCc2cc(=O)n(C)nc2CC1. The second-order valence-corrected chi connectivity index (χ2v) is 4.78. The Hall–Kier alpha value is -1.12. The van der Waals surface area contributed by atoms with Crippen LogP contribution in [0.4, 0.5) is 0 Å². The van der Waals surface area contributed by atoms with Gasteiger partial charge in [-0.25, -0.2) is 4.68 Å². The third-order valence-corrected chi connectivity index (χ3v) is 3.68. The summed E-state index contributed by atoms with van der Waals surface area (Å²) in [6.07, 6.45) is 7.03. The molecule has 0 fully saturated rings. The Kier molecular flexibility index (Phi) is 3.42. The second-order valence-electron chi connectivity index (χ2n) is 4.78. The molecule has 0 N–H and O–H groups in total. The van der Waals surface area contributed by atoms with Crippen LogP contribution in [0, 0.1) is 5.92 Å². The molecule has 1 aliphatic rings. The lowest BCUT2D eigenvalue weighted by molar-refractivity contribution is 0.408. The molecule has 16 heavy (non-hydrogen) atoms. The second kappa shape index (κ2) is 4.81. The molecule has 0 aliphatic heterocycles. The summed E-state index contributed by atoms with van der Waals surface area (Å²) >= 11 is 0. The van der Waals surface area contributed by atoms with Gasteiger partial charge in [-0.2, -0.15) is 5.10 Å². The van der Waals surface area contributed by atoms with E-state index in [0.717, 1.165) is 24.5 Å². The Labute approximate surface area is 96.5 Å². The minimum absolute atomic E-state index is 0.0198. The van der Waals surface area contributed by atoms with E-state index in [1.165, 1.54) is 35.9 Å². The lowest BCUT2D eigenvalue weighted by atomic mass is 9.88. The van der Waals surface area contributed by atoms with Crippen molar-refractivity contribution in [1.82, 2.24) is 9.78 Å². The summed E-state index contributed by atoms with van der Waals surface area (Å²) in [4.78, 5) is 11.5. The smallest absolute Gasteiger partial charge is 0.266 e. The Morgan fingerprint density at radius 2 is 2.25 bits per heavy atom. The lowest BCUT2D eigenvalue weighted by Crippen LogP contribution is -2.23. The summed E-state index contributed by atoms with van der Waals surface area (Å²) in [5, 5.41) is 4.39. The molecule has 1 aromatic heterocycles. The van der Waals surface area contributed by atoms with E-state index < -0.39 is 0 Å². The molecule has 0 bridgehead atoms. The lowest BCUT2D eigenvalue weighted by Gasteiger charge is -2.19. The number of rotatable bonds is 1. The molecule has 0 saturated carbocycles. The van der Waals surface area contributed by atoms with Gasteiger partial charge in [0.25, 0.3) is 5.56 Å². The van der Waals surface area contributed by atoms with Crippen LogP contribution in [0.15, 0.2) is 10.9 Å². The van der Waals surface area contributed by atoms with Gasteiger partial charge in [-0.3, -0.25) is 4.79 Å². The number of nitrogens with zero attached hydrogens (tertiary/aromatic N) is 2. The van der Waals surface area contributed by atoms with E-state index in [4.69, 9.17) is 0 Å². The van der Waals surface area contributed by atoms with Crippen molar-refractivity contribution in [3.63, 3.8) is 0 Å². The fraction of sp³-hybridized carbons (Fsp3) is 0.692. The Morgan fingerprint density at radius 1 is 1.44 bits per heavy atom. The van der Waals surface area contributed by atoms with Gasteiger partial charge >= 0.3 is 0 Å². The van der Waals surface area contributed by atoms with E-state index in [2.05, 4.69) is 12.0 Å². The molecule has 1 atom stereocenters. The highest BCUT2D eigenvalue weighted by molar-refractivity contribution is 5.18. The van der Waals surface area contributed by atoms with Crippen LogP contribution in [0.2, 0.25) is 0 Å². The number of aryl methyl sites for hydroxylation is 3. The summed E-state index contributed by atoms with van der Waals surface area (Å²) in [5.41, 5.74) is 2.34. The van der Waals surface area contributed by atoms with Crippen molar-refractivity contribution in [1.29, 1.82) is 0 Å². The molecule has 1 unspecified atom stereocenters. The molecule has 88 valence electrons. The van der Waals surface area contributed by atoms with E-state index in [-0.39, 0.29) is 5.56 Å². The van der Waals surface area contributed by atoms with Crippen LogP contribution in [0.25, 0.3) is 0 Å². The normalized spacial score (nSPS) is 21.0. The van der Waals surface area contributed by atoms with E-state index in [0.29, 0.717) is 0 Å². The van der Waals surface area contributed by atoms with Crippen molar-refractivity contribution in [3.8, 4) is 0 Å². The summed E-state index contributed by atoms with van der Waals surface area (Å²) in [5.74, 6) is 0.840. The number of hydrogen-bond acceptors (Lipinski definition) is 2. The fourth-order valence-corrected chi connectivity index (χ4v) is 2.52. The summed E-state index contributed by atoms with van der Waals surface area (Å²) in [6, 6.07) is 1.77. The third-order valence-electron chi connectivity index (χ3n) is 3.68. The van der Waals surface area contributed by atoms with Crippen LogP contribution in [0.5, 0.6) is 0 Å². The summed E-state index contributed by atoms with van der Waals surface area (Å²) in [6.45, 7) is 2.27. The van der Waals surface area contributed by atoms with Crippen molar-refractivity contribution in [2.24, 2.45) is 13.0 Å². The first-order valence-electron chi connectivity index (χ1n) is 6.26. The first-order valence-corrected chi connectivity index (χ1v) is 6.26. The molecule has 1 heterocycles. The van der Waals surface area contributed by atoms with Gasteiger partial charge in [0.05, 0.1) is 5.69 Å². The zero-order chi connectivity index (χ0) is 11.5. The molecule has 0 radical (unpaired) electrons. The predicted octanol–water partition coefficient (Wildman–Crippen LogP) is 2.08. The Balaban J connectivity index is 2.27. The molecular formula is C13H20N2O. The van der Waals surface area contributed by atoms with Crippen LogP contribution in [-0.2, 0) is 19.9 Å². The molecule has 2 rings (SSSR count). The maximum Gasteiger partial charge on any atom is 0.266 e. The average molecular weight is 220 g/mol. The molecule has 1 aromatic rings. The first kappa shape index (κ1) is 11.4. The van der Waals surface area contributed by atoms with Crippen LogP contribution in [0.3, 0.4) is 0 Å². The molecule has 0 amide bonds. The van der Waals surface area contributed by atoms with Gasteiger partial charge in [-0.05, 0) is 37.2 Å². The van der Waals surface area contributed by atoms with Crippen LogP contribution >= 0.6 is 0 Å². The van der Waals surface area contributed by atoms with Gasteiger partial charge in [-0.1, -0.05) is 19.8 Å². The van der Waals surface area contributed by atoms with Crippen molar-refractivity contribution in [3.05, 3.63) is 27.7 Å². The monoisotopic (exact) mass is 220 g/mol. The van der Waals surface area contributed by atoms with Gasteiger partial charge in [0.2, 0.25) is 0 Å². The average Bonchev–Trinajstić information content (AvgIpc) is 2.25. The van der Waals surface area contributed by atoms with E-state index >= 15 is 0 Å². The maximum absolute atomic E-state index is 11.5. The van der Waals surface area contributed by atoms with Gasteiger partial charge in [0, 0.05) is 13.1 Å². The Morgan fingerprint density at radius 3 is 3.00 bits per heavy atom. The molecule has 0 aromatic carbocycles. The van der Waals surface area contributed by atoms with Crippen molar-refractivity contribution in [2.75, 3.05) is 0 Å². The van der Waals surface area contributed by atoms with Gasteiger partial charge < -0.3 is 0 Å². The maximum atomic E-state index is 11.5. The van der Waals surface area contributed by atoms with E-state index in [9.17, 15) is 4.79 Å². The van der Waals surface area contributed by atoms with E-state index in [1.807, 2.05) is 0 Å². The molecule has 0 spiro atoms. The fourth-order valence-electron chi connectivity index (χ4n) is 2.52. The third kappa shape index (κ3) is 2.34. The van der Waals surface area contributed by atoms with Crippen LogP contribution in [0.1, 0.15) is 43.9 Å². The zero-order valence-electron chi connectivity index (χ0n) is 10.2. The highest BCUT2D eigenvalue weighted by Gasteiger charge is 2.15.